The zero-order chi connectivity index (χ0) is 35.3. The molecule has 0 saturated carbocycles. The Morgan fingerprint density at radius 2 is 0.771 bits per heavy atom. The van der Waals surface area contributed by atoms with Crippen molar-refractivity contribution in [3.8, 4) is 0 Å². The van der Waals surface area contributed by atoms with Crippen molar-refractivity contribution < 1.29 is 38.1 Å². The van der Waals surface area contributed by atoms with Crippen LogP contribution in [0.2, 0.25) is 0 Å². The van der Waals surface area contributed by atoms with Gasteiger partial charge in [-0.1, -0.05) is 84.7 Å². The molecule has 0 aromatic carbocycles. The number of hydrogen-bond donors (Lipinski definition) is 0. The molecular formula is C34H58N2O8S4. The van der Waals surface area contributed by atoms with Crippen LogP contribution in [0, 0.1) is 21.7 Å². The Morgan fingerprint density at radius 3 is 1.04 bits per heavy atom. The number of piperazine rings is 1. The molecule has 0 aromatic heterocycles. The van der Waals surface area contributed by atoms with E-state index >= 15 is 0 Å². The van der Waals surface area contributed by atoms with Gasteiger partial charge in [-0.2, -0.15) is 0 Å². The van der Waals surface area contributed by atoms with Gasteiger partial charge < -0.3 is 28.7 Å². The van der Waals surface area contributed by atoms with Crippen LogP contribution in [-0.4, -0.2) is 122 Å². The van der Waals surface area contributed by atoms with Gasteiger partial charge in [-0.25, -0.2) is 0 Å². The third kappa shape index (κ3) is 16.5. The number of nitrogens with zero attached hydrogens (tertiary/aromatic N) is 2. The van der Waals surface area contributed by atoms with Crippen molar-refractivity contribution in [2.45, 2.75) is 80.1 Å². The molecule has 3 fully saturated rings. The van der Waals surface area contributed by atoms with Crippen molar-refractivity contribution in [2.75, 3.05) is 88.7 Å². The fourth-order valence-corrected chi connectivity index (χ4v) is 11.7. The number of carbonyl (C=O) groups excluding carboxylic acids is 4. The van der Waals surface area contributed by atoms with E-state index in [1.165, 1.54) is 0 Å². The van der Waals surface area contributed by atoms with Gasteiger partial charge in [0.25, 0.3) is 0 Å². The maximum atomic E-state index is 12.6. The van der Waals surface area contributed by atoms with Crippen LogP contribution in [0.5, 0.6) is 0 Å². The van der Waals surface area contributed by atoms with Crippen LogP contribution >= 0.6 is 43.2 Å². The van der Waals surface area contributed by atoms with E-state index in [4.69, 9.17) is 18.9 Å². The van der Waals surface area contributed by atoms with Crippen molar-refractivity contribution in [1.29, 1.82) is 0 Å². The number of esters is 4. The molecule has 0 amide bonds. The van der Waals surface area contributed by atoms with Gasteiger partial charge in [-0.3, -0.25) is 19.2 Å². The molecule has 0 atom stereocenters. The number of rotatable bonds is 18. The second kappa shape index (κ2) is 19.7. The first-order valence-electron chi connectivity index (χ1n) is 17.1. The van der Waals surface area contributed by atoms with E-state index in [0.717, 1.165) is 62.0 Å². The second-order valence-corrected chi connectivity index (χ2v) is 20.9. The normalized spacial score (nSPS) is 20.0. The lowest BCUT2D eigenvalue weighted by atomic mass is 9.90. The van der Waals surface area contributed by atoms with Gasteiger partial charge in [0.1, 0.15) is 26.4 Å². The molecule has 0 N–H and O–H groups in total. The Hall–Kier alpha value is -0.800. The zero-order valence-electron chi connectivity index (χ0n) is 29.9. The van der Waals surface area contributed by atoms with Crippen molar-refractivity contribution in [2.24, 2.45) is 21.7 Å². The topological polar surface area (TPSA) is 112 Å². The lowest BCUT2D eigenvalue weighted by molar-refractivity contribution is -0.154. The van der Waals surface area contributed by atoms with Gasteiger partial charge in [-0.05, 0) is 23.7 Å². The quantitative estimate of drug-likeness (QED) is 0.0932. The Morgan fingerprint density at radius 1 is 0.500 bits per heavy atom. The largest absolute Gasteiger partial charge is 0.465 e. The minimum atomic E-state index is -0.330. The van der Waals surface area contributed by atoms with E-state index in [-0.39, 0.29) is 72.0 Å². The number of carbonyl (C=O) groups is 4. The zero-order valence-corrected chi connectivity index (χ0v) is 33.2. The van der Waals surface area contributed by atoms with Gasteiger partial charge in [0.2, 0.25) is 0 Å². The summed E-state index contributed by atoms with van der Waals surface area (Å²) in [5.74, 6) is 2.34. The maximum absolute atomic E-state index is 12.6. The first-order valence-corrected chi connectivity index (χ1v) is 22.1. The molecule has 0 aliphatic carbocycles. The van der Waals surface area contributed by atoms with E-state index in [1.807, 2.05) is 0 Å². The molecule has 0 radical (unpaired) electrons. The average Bonchev–Trinajstić information content (AvgIpc) is 3.71. The van der Waals surface area contributed by atoms with Gasteiger partial charge in [0, 0.05) is 75.1 Å². The fraction of sp³-hybridized carbons (Fsp3) is 0.882. The molecule has 0 aromatic rings. The average molecular weight is 751 g/mol. The van der Waals surface area contributed by atoms with Crippen LogP contribution in [0.3, 0.4) is 0 Å². The smallest absolute Gasteiger partial charge is 0.307 e. The summed E-state index contributed by atoms with van der Waals surface area (Å²) in [4.78, 5) is 54.3. The third-order valence-electron chi connectivity index (χ3n) is 8.67. The Kier molecular flexibility index (Phi) is 17.1. The van der Waals surface area contributed by atoms with E-state index in [9.17, 15) is 19.2 Å². The minimum Gasteiger partial charge on any atom is -0.465 e. The Balaban J connectivity index is 1.27. The molecule has 48 heavy (non-hydrogen) atoms. The van der Waals surface area contributed by atoms with Crippen molar-refractivity contribution in [3.63, 3.8) is 0 Å². The molecule has 10 nitrogen and oxygen atoms in total. The first kappa shape index (κ1) is 41.6. The predicted octanol–water partition coefficient (Wildman–Crippen LogP) is 5.97. The standard InChI is InChI=1S/C34H58N2O8S4/c1-31(2,3)11-7-27(37)41-19-33(23-45-46-24-33)21-43-29(39)9-13-35-15-17-36(18-16-35)14-10-30(40)44-22-34(25-47-48-26-34)20-42-28(38)8-12-32(4,5)6/h7-26H2,1-6H3. The monoisotopic (exact) mass is 750 g/mol. The summed E-state index contributed by atoms with van der Waals surface area (Å²) < 4.78 is 22.6. The van der Waals surface area contributed by atoms with Gasteiger partial charge >= 0.3 is 23.9 Å². The van der Waals surface area contributed by atoms with E-state index in [1.54, 1.807) is 43.2 Å². The molecular weight excluding hydrogens is 693 g/mol. The summed E-state index contributed by atoms with van der Waals surface area (Å²) in [7, 11) is 6.92. The van der Waals surface area contributed by atoms with Crippen molar-refractivity contribution in [3.05, 3.63) is 0 Å². The summed E-state index contributed by atoms with van der Waals surface area (Å²) in [6.45, 7) is 18.3. The molecule has 0 bridgehead atoms. The maximum Gasteiger partial charge on any atom is 0.307 e. The van der Waals surface area contributed by atoms with Crippen LogP contribution in [-0.2, 0) is 38.1 Å². The highest BCUT2D eigenvalue weighted by atomic mass is 33.1. The Labute approximate surface area is 304 Å². The molecule has 3 aliphatic rings. The van der Waals surface area contributed by atoms with Gasteiger partial charge in [0.05, 0.1) is 23.7 Å². The van der Waals surface area contributed by atoms with Crippen molar-refractivity contribution >= 4 is 67.1 Å². The van der Waals surface area contributed by atoms with Crippen LogP contribution in [0.4, 0.5) is 0 Å². The van der Waals surface area contributed by atoms with E-state index in [2.05, 4.69) is 51.3 Å². The van der Waals surface area contributed by atoms with Gasteiger partial charge in [-0.15, -0.1) is 0 Å². The second-order valence-electron chi connectivity index (χ2n) is 16.0. The molecule has 0 unspecified atom stereocenters. The molecule has 276 valence electrons. The lowest BCUT2D eigenvalue weighted by Gasteiger charge is -2.34. The summed E-state index contributed by atoms with van der Waals surface area (Å²) in [6.07, 6.45) is 2.98. The van der Waals surface area contributed by atoms with Crippen LogP contribution in [0.1, 0.15) is 80.1 Å². The Bertz CT molecular complexity index is 963. The van der Waals surface area contributed by atoms with Crippen LogP contribution in [0.15, 0.2) is 0 Å². The van der Waals surface area contributed by atoms with Crippen molar-refractivity contribution in [1.82, 2.24) is 9.80 Å². The molecule has 0 spiro atoms. The highest BCUT2D eigenvalue weighted by molar-refractivity contribution is 8.77. The lowest BCUT2D eigenvalue weighted by Crippen LogP contribution is -2.47. The highest BCUT2D eigenvalue weighted by Gasteiger charge is 2.40. The van der Waals surface area contributed by atoms with E-state index < -0.39 is 0 Å². The highest BCUT2D eigenvalue weighted by Crippen LogP contribution is 2.44. The van der Waals surface area contributed by atoms with Gasteiger partial charge in [0.15, 0.2) is 0 Å². The number of hydrogen-bond acceptors (Lipinski definition) is 14. The summed E-state index contributed by atoms with van der Waals surface area (Å²) in [5, 5.41) is 0. The van der Waals surface area contributed by atoms with Crippen LogP contribution in [0.25, 0.3) is 0 Å². The number of ether oxygens (including phenoxy) is 4. The fourth-order valence-electron chi connectivity index (χ4n) is 5.08. The molecule has 3 saturated heterocycles. The third-order valence-corrected chi connectivity index (χ3v) is 14.3. The van der Waals surface area contributed by atoms with E-state index in [0.29, 0.717) is 38.8 Å². The summed E-state index contributed by atoms with van der Waals surface area (Å²) in [6, 6.07) is 0. The summed E-state index contributed by atoms with van der Waals surface area (Å²) >= 11 is 0. The molecule has 3 aliphatic heterocycles. The minimum absolute atomic E-state index is 0.0794. The first-order chi connectivity index (χ1) is 22.6. The molecule has 3 rings (SSSR count). The predicted molar refractivity (Wildman–Crippen MR) is 198 cm³/mol. The van der Waals surface area contributed by atoms with Crippen LogP contribution < -0.4 is 0 Å². The SMILES string of the molecule is CC(C)(C)CCC(=O)OCC1(COC(=O)CCN2CCN(CCC(=O)OCC3(COC(=O)CCC(C)(C)C)CSSC3)CC2)CSSC1. The molecule has 14 heteroatoms. The summed E-state index contributed by atoms with van der Waals surface area (Å²) in [5.41, 5.74) is -0.501. The molecule has 3 heterocycles.